The molecule has 5 nitrogen and oxygen atoms in total. The van der Waals surface area contributed by atoms with E-state index in [1.807, 2.05) is 0 Å². The zero-order valence-electron chi connectivity index (χ0n) is 12.0. The molecule has 1 amide bonds. The van der Waals surface area contributed by atoms with Crippen LogP contribution in [0.5, 0.6) is 0 Å². The molecule has 1 aliphatic heterocycles. The summed E-state index contributed by atoms with van der Waals surface area (Å²) in [6.07, 6.45) is 2.65. The number of nitrogens with one attached hydrogen (secondary N) is 1. The first-order valence-corrected chi connectivity index (χ1v) is 8.91. The average Bonchev–Trinajstić information content (AvgIpc) is 3.03. The van der Waals surface area contributed by atoms with Crippen molar-refractivity contribution in [3.05, 3.63) is 0 Å². The Bertz CT molecular complexity index is 455. The van der Waals surface area contributed by atoms with E-state index in [9.17, 15) is 13.2 Å². The Balaban J connectivity index is 2.04. The Morgan fingerprint density at radius 3 is 2.53 bits per heavy atom. The molecule has 1 saturated heterocycles. The zero-order valence-corrected chi connectivity index (χ0v) is 12.8. The molecule has 1 heterocycles. The molecular formula is C13H24N2O3S. The average molecular weight is 288 g/mol. The summed E-state index contributed by atoms with van der Waals surface area (Å²) in [5.41, 5.74) is -0.352. The maximum absolute atomic E-state index is 12.4. The van der Waals surface area contributed by atoms with Crippen LogP contribution in [0, 0.1) is 5.92 Å². The summed E-state index contributed by atoms with van der Waals surface area (Å²) in [6.45, 7) is 6.20. The van der Waals surface area contributed by atoms with E-state index in [4.69, 9.17) is 0 Å². The minimum absolute atomic E-state index is 0.00190. The van der Waals surface area contributed by atoms with Gasteiger partial charge in [-0.25, -0.2) is 8.42 Å². The first-order valence-electron chi connectivity index (χ1n) is 7.09. The highest BCUT2D eigenvalue weighted by molar-refractivity contribution is 7.91. The van der Waals surface area contributed by atoms with Gasteiger partial charge in [0, 0.05) is 12.3 Å². The number of amides is 1. The molecule has 19 heavy (non-hydrogen) atoms. The smallest absolute Gasteiger partial charge is 0.244 e. The van der Waals surface area contributed by atoms with Gasteiger partial charge in [-0.1, -0.05) is 20.8 Å². The molecule has 2 aliphatic rings. The van der Waals surface area contributed by atoms with Crippen LogP contribution >= 0.6 is 0 Å². The van der Waals surface area contributed by atoms with E-state index in [-0.39, 0.29) is 29.1 Å². The monoisotopic (exact) mass is 288 g/mol. The quantitative estimate of drug-likeness (QED) is 0.783. The number of rotatable bonds is 6. The second kappa shape index (κ2) is 5.05. The number of nitrogens with zero attached hydrogens (tertiary/aromatic N) is 1. The van der Waals surface area contributed by atoms with E-state index in [2.05, 4.69) is 19.2 Å². The van der Waals surface area contributed by atoms with Crippen LogP contribution in [0.15, 0.2) is 0 Å². The van der Waals surface area contributed by atoms with E-state index < -0.39 is 9.84 Å². The topological polar surface area (TPSA) is 66.5 Å². The summed E-state index contributed by atoms with van der Waals surface area (Å²) in [5, 5.41) is 3.41. The lowest BCUT2D eigenvalue weighted by molar-refractivity contribution is -0.130. The van der Waals surface area contributed by atoms with Gasteiger partial charge in [-0.15, -0.1) is 0 Å². The van der Waals surface area contributed by atoms with E-state index in [1.54, 1.807) is 11.8 Å². The van der Waals surface area contributed by atoms with Gasteiger partial charge in [-0.05, 0) is 25.2 Å². The number of carbonyl (C=O) groups excluding carboxylic acids is 1. The highest BCUT2D eigenvalue weighted by atomic mass is 32.2. The van der Waals surface area contributed by atoms with Gasteiger partial charge >= 0.3 is 0 Å². The van der Waals surface area contributed by atoms with Crippen LogP contribution in [-0.4, -0.2) is 49.0 Å². The Hall–Kier alpha value is -0.620. The van der Waals surface area contributed by atoms with Gasteiger partial charge in [0.15, 0.2) is 9.84 Å². The maximum Gasteiger partial charge on any atom is 0.244 e. The van der Waals surface area contributed by atoms with Gasteiger partial charge in [0.1, 0.15) is 0 Å². The maximum atomic E-state index is 12.4. The van der Waals surface area contributed by atoms with Crippen LogP contribution in [0.4, 0.5) is 0 Å². The lowest BCUT2D eigenvalue weighted by atomic mass is 10.1. The number of sulfone groups is 1. The minimum Gasteiger partial charge on any atom is -0.325 e. The molecule has 2 rings (SSSR count). The molecule has 0 aromatic heterocycles. The summed E-state index contributed by atoms with van der Waals surface area (Å²) < 4.78 is 23.2. The van der Waals surface area contributed by atoms with E-state index >= 15 is 0 Å². The molecule has 2 fully saturated rings. The Morgan fingerprint density at radius 1 is 1.42 bits per heavy atom. The molecule has 6 heteroatoms. The Morgan fingerprint density at radius 2 is 2.05 bits per heavy atom. The molecule has 1 N–H and O–H groups in total. The molecule has 1 aliphatic carbocycles. The first-order chi connectivity index (χ1) is 8.80. The van der Waals surface area contributed by atoms with Gasteiger partial charge in [-0.3, -0.25) is 10.1 Å². The second-order valence-corrected chi connectivity index (χ2v) is 8.58. The third-order valence-corrected chi connectivity index (χ3v) is 5.70. The van der Waals surface area contributed by atoms with Crippen molar-refractivity contribution in [2.75, 3.05) is 18.1 Å². The summed E-state index contributed by atoms with van der Waals surface area (Å²) in [4.78, 5) is 14.1. The minimum atomic E-state index is -3.02. The van der Waals surface area contributed by atoms with Crippen LogP contribution in [0.3, 0.4) is 0 Å². The molecule has 0 radical (unpaired) electrons. The number of carbonyl (C=O) groups is 1. The third-order valence-electron chi connectivity index (χ3n) is 4.02. The van der Waals surface area contributed by atoms with Crippen molar-refractivity contribution in [1.82, 2.24) is 10.2 Å². The van der Waals surface area contributed by atoms with E-state index in [0.717, 1.165) is 19.3 Å². The summed E-state index contributed by atoms with van der Waals surface area (Å²) in [7, 11) is -3.02. The molecule has 0 aromatic carbocycles. The molecule has 0 aromatic rings. The lowest BCUT2D eigenvalue weighted by Gasteiger charge is -2.25. The number of hydrogen-bond acceptors (Lipinski definition) is 4. The van der Waals surface area contributed by atoms with Crippen molar-refractivity contribution >= 4 is 15.7 Å². The van der Waals surface area contributed by atoms with Gasteiger partial charge in [0.2, 0.25) is 5.91 Å². The molecule has 1 unspecified atom stereocenters. The fourth-order valence-corrected chi connectivity index (χ4v) is 3.39. The largest absolute Gasteiger partial charge is 0.325 e. The van der Waals surface area contributed by atoms with Crippen molar-refractivity contribution in [3.8, 4) is 0 Å². The summed E-state index contributed by atoms with van der Waals surface area (Å²) in [5.74, 6) is 0.790. The molecule has 1 saturated carbocycles. The molecule has 1 atom stereocenters. The summed E-state index contributed by atoms with van der Waals surface area (Å²) >= 11 is 0. The van der Waals surface area contributed by atoms with Gasteiger partial charge in [0.25, 0.3) is 0 Å². The van der Waals surface area contributed by atoms with Crippen LogP contribution in [-0.2, 0) is 14.6 Å². The van der Waals surface area contributed by atoms with Crippen molar-refractivity contribution in [2.24, 2.45) is 5.92 Å². The molecule has 0 bridgehead atoms. The Kier molecular flexibility index (Phi) is 3.93. The first kappa shape index (κ1) is 14.8. The fraction of sp³-hybridized carbons (Fsp3) is 0.923. The van der Waals surface area contributed by atoms with Gasteiger partial charge < -0.3 is 4.90 Å². The number of hydrogen-bond donors (Lipinski definition) is 1. The van der Waals surface area contributed by atoms with E-state index in [0.29, 0.717) is 12.5 Å². The highest BCUT2D eigenvalue weighted by Crippen LogP contribution is 2.42. The molecule has 110 valence electrons. The standard InChI is InChI=1S/C13H24N2O3S/c1-4-19(17,18)8-7-15-11(9-10(2)3)14-13(5-6-13)12(15)16/h10-11,14H,4-9H2,1-3H3. The fourth-order valence-electron chi connectivity index (χ4n) is 2.63. The van der Waals surface area contributed by atoms with Crippen LogP contribution in [0.1, 0.15) is 40.0 Å². The van der Waals surface area contributed by atoms with E-state index in [1.165, 1.54) is 0 Å². The third kappa shape index (κ3) is 3.11. The zero-order chi connectivity index (χ0) is 14.3. The predicted octanol–water partition coefficient (Wildman–Crippen LogP) is 0.758. The SMILES string of the molecule is CCS(=O)(=O)CCN1C(=O)C2(CC2)NC1CC(C)C. The van der Waals surface area contributed by atoms with Gasteiger partial charge in [0.05, 0.1) is 17.5 Å². The molecule has 1 spiro atoms. The Labute approximate surface area is 115 Å². The predicted molar refractivity (Wildman–Crippen MR) is 74.4 cm³/mol. The normalized spacial score (nSPS) is 25.6. The van der Waals surface area contributed by atoms with Crippen molar-refractivity contribution in [2.45, 2.75) is 51.7 Å². The van der Waals surface area contributed by atoms with Crippen molar-refractivity contribution in [3.63, 3.8) is 0 Å². The van der Waals surface area contributed by atoms with Gasteiger partial charge in [-0.2, -0.15) is 0 Å². The lowest BCUT2D eigenvalue weighted by Crippen LogP contribution is -2.41. The second-order valence-electron chi connectivity index (χ2n) is 6.11. The molecular weight excluding hydrogens is 264 g/mol. The van der Waals surface area contributed by atoms with Crippen molar-refractivity contribution in [1.29, 1.82) is 0 Å². The summed E-state index contributed by atoms with van der Waals surface area (Å²) in [6, 6.07) is 0. The van der Waals surface area contributed by atoms with Crippen LogP contribution < -0.4 is 5.32 Å². The highest BCUT2D eigenvalue weighted by Gasteiger charge is 2.58. The van der Waals surface area contributed by atoms with Crippen LogP contribution in [0.25, 0.3) is 0 Å². The van der Waals surface area contributed by atoms with Crippen LogP contribution in [0.2, 0.25) is 0 Å². The van der Waals surface area contributed by atoms with Crippen molar-refractivity contribution < 1.29 is 13.2 Å².